The van der Waals surface area contributed by atoms with Gasteiger partial charge in [0.15, 0.2) is 0 Å². The summed E-state index contributed by atoms with van der Waals surface area (Å²) in [6.45, 7) is 9.91. The monoisotopic (exact) mass is 436 g/mol. The minimum absolute atomic E-state index is 0.0369. The Morgan fingerprint density at radius 2 is 2.03 bits per heavy atom. The Bertz CT molecular complexity index is 1120. The van der Waals surface area contributed by atoms with Gasteiger partial charge in [-0.1, -0.05) is 26.8 Å². The molecule has 2 aromatic carbocycles. The van der Waals surface area contributed by atoms with Gasteiger partial charge < -0.3 is 19.6 Å². The highest BCUT2D eigenvalue weighted by Crippen LogP contribution is 2.32. The predicted molar refractivity (Wildman–Crippen MR) is 125 cm³/mol. The van der Waals surface area contributed by atoms with E-state index in [2.05, 4.69) is 42.9 Å². The van der Waals surface area contributed by atoms with Gasteiger partial charge in [0.1, 0.15) is 18.1 Å². The van der Waals surface area contributed by atoms with E-state index >= 15 is 0 Å². The second-order valence-electron chi connectivity index (χ2n) is 9.02. The Hall–Kier alpha value is -3.06. The number of ether oxygens (including phenoxy) is 1. The van der Waals surface area contributed by atoms with Gasteiger partial charge in [-0.3, -0.25) is 9.89 Å². The van der Waals surface area contributed by atoms with Gasteiger partial charge in [0.05, 0.1) is 11.1 Å². The van der Waals surface area contributed by atoms with Crippen LogP contribution in [0.15, 0.2) is 30.3 Å². The lowest BCUT2D eigenvalue weighted by molar-refractivity contribution is 0.0748. The highest BCUT2D eigenvalue weighted by molar-refractivity contribution is 6.01. The van der Waals surface area contributed by atoms with Gasteiger partial charge in [-0.2, -0.15) is 5.10 Å². The zero-order valence-electron chi connectivity index (χ0n) is 19.3. The third kappa shape index (κ3) is 4.58. The summed E-state index contributed by atoms with van der Waals surface area (Å²) in [5, 5.41) is 18.8. The largest absolute Gasteiger partial charge is 0.507 e. The zero-order valence-corrected chi connectivity index (χ0v) is 19.3. The first-order valence-electron chi connectivity index (χ1n) is 11.3. The summed E-state index contributed by atoms with van der Waals surface area (Å²) in [7, 11) is 2.07. The van der Waals surface area contributed by atoms with E-state index < -0.39 is 0 Å². The normalized spacial score (nSPS) is 13.4. The number of hydrogen-bond donors (Lipinski definition) is 2. The number of carbonyl (C=O) groups is 1. The molecule has 4 rings (SSSR count). The summed E-state index contributed by atoms with van der Waals surface area (Å²) in [6.07, 6.45) is 0.834. The number of aromatic nitrogens is 2. The number of benzene rings is 2. The standard InChI is InChI=1S/C25H32N4O3/c1-5-28(4)8-9-32-19-7-6-17-14-29(15-18(17)11-19)25(31)21-12-20-22(10-16(2)3)26-27-23(20)13-24(21)30/h6-7,11-13,16,30H,5,8-10,14-15H2,1-4H3,(H,26,27). The second-order valence-corrected chi connectivity index (χ2v) is 9.02. The van der Waals surface area contributed by atoms with E-state index in [9.17, 15) is 9.90 Å². The summed E-state index contributed by atoms with van der Waals surface area (Å²) in [5.41, 5.74) is 4.18. The van der Waals surface area contributed by atoms with E-state index in [-0.39, 0.29) is 11.7 Å². The number of aromatic hydroxyl groups is 1. The lowest BCUT2D eigenvalue weighted by atomic mass is 10.0. The first-order chi connectivity index (χ1) is 15.4. The van der Waals surface area contributed by atoms with Gasteiger partial charge >= 0.3 is 0 Å². The fourth-order valence-electron chi connectivity index (χ4n) is 4.09. The first kappa shape index (κ1) is 22.1. The quantitative estimate of drug-likeness (QED) is 0.559. The molecule has 2 heterocycles. The highest BCUT2D eigenvalue weighted by Gasteiger charge is 2.27. The molecule has 1 aliphatic rings. The average Bonchev–Trinajstić information content (AvgIpc) is 3.35. The fraction of sp³-hybridized carbons (Fsp3) is 0.440. The lowest BCUT2D eigenvalue weighted by Crippen LogP contribution is -2.25. The minimum atomic E-state index is -0.177. The second kappa shape index (κ2) is 9.20. The van der Waals surface area contributed by atoms with Crippen molar-refractivity contribution >= 4 is 16.8 Å². The SMILES string of the molecule is CCN(C)CCOc1ccc2c(c1)CN(C(=O)c1cc3c(CC(C)C)[nH]nc3cc1O)C2. The predicted octanol–water partition coefficient (Wildman–Crippen LogP) is 3.95. The Labute approximate surface area is 189 Å². The number of fused-ring (bicyclic) bond motifs is 2. The Balaban J connectivity index is 1.50. The molecule has 170 valence electrons. The number of hydrogen-bond acceptors (Lipinski definition) is 5. The molecule has 7 heteroatoms. The smallest absolute Gasteiger partial charge is 0.258 e. The van der Waals surface area contributed by atoms with E-state index in [4.69, 9.17) is 4.74 Å². The molecule has 0 saturated carbocycles. The molecule has 0 spiro atoms. The molecule has 1 aromatic heterocycles. The summed E-state index contributed by atoms with van der Waals surface area (Å²) < 4.78 is 5.89. The van der Waals surface area contributed by atoms with Crippen molar-refractivity contribution in [3.05, 3.63) is 52.7 Å². The van der Waals surface area contributed by atoms with Crippen LogP contribution in [0.5, 0.6) is 11.5 Å². The third-order valence-electron chi connectivity index (χ3n) is 6.06. The number of nitrogens with one attached hydrogen (secondary N) is 1. The summed E-state index contributed by atoms with van der Waals surface area (Å²) in [4.78, 5) is 17.3. The van der Waals surface area contributed by atoms with Gasteiger partial charge in [-0.15, -0.1) is 0 Å². The molecule has 2 N–H and O–H groups in total. The van der Waals surface area contributed by atoms with Crippen molar-refractivity contribution in [2.24, 2.45) is 5.92 Å². The number of aromatic amines is 1. The van der Waals surface area contributed by atoms with Gasteiger partial charge in [0.2, 0.25) is 0 Å². The Morgan fingerprint density at radius 3 is 2.78 bits per heavy atom. The number of phenols is 1. The number of likely N-dealkylation sites (N-methyl/N-ethyl adjacent to an activating group) is 1. The zero-order chi connectivity index (χ0) is 22.8. The minimum Gasteiger partial charge on any atom is -0.507 e. The van der Waals surface area contributed by atoms with Gasteiger partial charge in [-0.25, -0.2) is 0 Å². The van der Waals surface area contributed by atoms with Crippen molar-refractivity contribution in [2.75, 3.05) is 26.7 Å². The number of phenolic OH excluding ortho intramolecular Hbond substituents is 1. The van der Waals surface area contributed by atoms with Gasteiger partial charge in [0.25, 0.3) is 5.91 Å². The molecule has 0 bridgehead atoms. The summed E-state index contributed by atoms with van der Waals surface area (Å²) >= 11 is 0. The van der Waals surface area contributed by atoms with Crippen LogP contribution in [-0.4, -0.2) is 57.8 Å². The number of H-pyrrole nitrogens is 1. The molecular formula is C25H32N4O3. The Kier molecular flexibility index (Phi) is 6.37. The van der Waals surface area contributed by atoms with Crippen LogP contribution >= 0.6 is 0 Å². The summed E-state index contributed by atoms with van der Waals surface area (Å²) in [6, 6.07) is 9.36. The van der Waals surface area contributed by atoms with Crippen molar-refractivity contribution < 1.29 is 14.6 Å². The van der Waals surface area contributed by atoms with Crippen LogP contribution in [0.25, 0.3) is 10.9 Å². The van der Waals surface area contributed by atoms with Crippen LogP contribution in [0.3, 0.4) is 0 Å². The number of rotatable bonds is 8. The number of nitrogens with zero attached hydrogens (tertiary/aromatic N) is 3. The van der Waals surface area contributed by atoms with E-state index in [1.165, 1.54) is 0 Å². The molecule has 0 fully saturated rings. The van der Waals surface area contributed by atoms with E-state index in [0.29, 0.717) is 36.7 Å². The van der Waals surface area contributed by atoms with Crippen molar-refractivity contribution in [1.29, 1.82) is 0 Å². The molecule has 0 radical (unpaired) electrons. The van der Waals surface area contributed by atoms with E-state index in [1.807, 2.05) is 18.2 Å². The van der Waals surface area contributed by atoms with Gasteiger partial charge in [0, 0.05) is 36.8 Å². The molecule has 0 aliphatic carbocycles. The topological polar surface area (TPSA) is 81.7 Å². The van der Waals surface area contributed by atoms with Crippen molar-refractivity contribution in [3.8, 4) is 11.5 Å². The third-order valence-corrected chi connectivity index (χ3v) is 6.06. The van der Waals surface area contributed by atoms with Crippen molar-refractivity contribution in [3.63, 3.8) is 0 Å². The summed E-state index contributed by atoms with van der Waals surface area (Å²) in [5.74, 6) is 1.07. The van der Waals surface area contributed by atoms with Crippen LogP contribution in [-0.2, 0) is 19.5 Å². The molecule has 0 saturated heterocycles. The Morgan fingerprint density at radius 1 is 1.25 bits per heavy atom. The van der Waals surface area contributed by atoms with E-state index in [1.54, 1.807) is 17.0 Å². The maximum absolute atomic E-state index is 13.3. The van der Waals surface area contributed by atoms with E-state index in [0.717, 1.165) is 47.5 Å². The molecule has 7 nitrogen and oxygen atoms in total. The maximum Gasteiger partial charge on any atom is 0.258 e. The molecule has 0 atom stereocenters. The molecule has 0 unspecified atom stereocenters. The number of amides is 1. The number of carbonyl (C=O) groups excluding carboxylic acids is 1. The molecule has 32 heavy (non-hydrogen) atoms. The molecule has 1 aliphatic heterocycles. The maximum atomic E-state index is 13.3. The molecule has 1 amide bonds. The highest BCUT2D eigenvalue weighted by atomic mass is 16.5. The first-order valence-corrected chi connectivity index (χ1v) is 11.3. The van der Waals surface area contributed by atoms with Crippen LogP contribution in [0, 0.1) is 5.92 Å². The van der Waals surface area contributed by atoms with Crippen molar-refractivity contribution in [2.45, 2.75) is 40.3 Å². The lowest BCUT2D eigenvalue weighted by Gasteiger charge is -2.16. The molecular weight excluding hydrogens is 404 g/mol. The van der Waals surface area contributed by atoms with Crippen LogP contribution in [0.4, 0.5) is 0 Å². The molecule has 3 aromatic rings. The fourth-order valence-corrected chi connectivity index (χ4v) is 4.09. The van der Waals surface area contributed by atoms with Crippen LogP contribution in [0.2, 0.25) is 0 Å². The van der Waals surface area contributed by atoms with Gasteiger partial charge in [-0.05, 0) is 55.3 Å². The van der Waals surface area contributed by atoms with Crippen molar-refractivity contribution in [1.82, 2.24) is 20.0 Å². The van der Waals surface area contributed by atoms with Crippen LogP contribution in [0.1, 0.15) is 48.0 Å². The van der Waals surface area contributed by atoms with Crippen LogP contribution < -0.4 is 4.74 Å². The average molecular weight is 437 g/mol.